The van der Waals surface area contributed by atoms with Crippen molar-refractivity contribution < 1.29 is 24.9 Å². The van der Waals surface area contributed by atoms with Crippen LogP contribution < -0.4 is 0 Å². The molecule has 3 atom stereocenters. The number of carboxylic acid groups (broad SMARTS) is 1. The van der Waals surface area contributed by atoms with Gasteiger partial charge < -0.3 is 10.2 Å². The molecule has 1 fully saturated rings. The molecule has 0 radical (unpaired) electrons. The van der Waals surface area contributed by atoms with Crippen LogP contribution in [0, 0.1) is 31.6 Å². The summed E-state index contributed by atoms with van der Waals surface area (Å²) >= 11 is 0. The zero-order valence-electron chi connectivity index (χ0n) is 14.5. The Morgan fingerprint density at radius 2 is 1.88 bits per heavy atom. The number of fused-ring (bicyclic) bond motifs is 3. The highest BCUT2D eigenvalue weighted by Crippen LogP contribution is 2.60. The van der Waals surface area contributed by atoms with Crippen molar-refractivity contribution in [2.75, 3.05) is 0 Å². The van der Waals surface area contributed by atoms with Crippen molar-refractivity contribution in [3.8, 4) is 5.75 Å². The van der Waals surface area contributed by atoms with Crippen molar-refractivity contribution in [1.82, 2.24) is 0 Å². The van der Waals surface area contributed by atoms with Crippen LogP contribution in [0.15, 0.2) is 6.07 Å². The predicted octanol–water partition coefficient (Wildman–Crippen LogP) is 3.30. The summed E-state index contributed by atoms with van der Waals surface area (Å²) in [5.41, 5.74) is -2.50. The Balaban J connectivity index is 2.31. The number of aryl methyl sites for hydroxylation is 1. The van der Waals surface area contributed by atoms with Crippen LogP contribution in [-0.2, 0) is 16.6 Å². The van der Waals surface area contributed by atoms with Crippen LogP contribution in [0.2, 0.25) is 0 Å². The average Bonchev–Trinajstić information content (AvgIpc) is 2.53. The van der Waals surface area contributed by atoms with Gasteiger partial charge in [0.05, 0.1) is 15.3 Å². The molecule has 0 saturated heterocycles. The molecule has 0 unspecified atom stereocenters. The van der Waals surface area contributed by atoms with E-state index < -0.39 is 43.8 Å². The Hall–Kier alpha value is -2.71. The molecule has 0 amide bonds. The number of aliphatic carboxylic acids is 1. The second-order valence-electron chi connectivity index (χ2n) is 7.73. The molecular formula is C17H20N2O7. The van der Waals surface area contributed by atoms with Gasteiger partial charge in [-0.15, -0.1) is 0 Å². The van der Waals surface area contributed by atoms with Crippen LogP contribution in [0.5, 0.6) is 5.75 Å². The number of nitro groups is 2. The van der Waals surface area contributed by atoms with Crippen molar-refractivity contribution in [2.24, 2.45) is 11.3 Å². The SMILES string of the molecule is C[C@@]12CCC[C@](C)(C(=O)O)[C@H]1CCc1cc([N+](=O)[O-])c(O)c([N+](=O)[O-])c12. The number of phenolic OH excluding ortho intramolecular Hbond substituents is 1. The van der Waals surface area contributed by atoms with Gasteiger partial charge in [0.15, 0.2) is 0 Å². The molecule has 0 heterocycles. The summed E-state index contributed by atoms with van der Waals surface area (Å²) in [5.74, 6) is -2.25. The Morgan fingerprint density at radius 3 is 2.42 bits per heavy atom. The zero-order chi connectivity index (χ0) is 19.4. The average molecular weight is 364 g/mol. The molecule has 2 N–H and O–H groups in total. The molecule has 3 rings (SSSR count). The van der Waals surface area contributed by atoms with E-state index >= 15 is 0 Å². The van der Waals surface area contributed by atoms with Crippen molar-refractivity contribution >= 4 is 17.3 Å². The number of benzene rings is 1. The fourth-order valence-electron chi connectivity index (χ4n) is 5.22. The van der Waals surface area contributed by atoms with E-state index in [-0.39, 0.29) is 11.5 Å². The molecule has 9 heteroatoms. The van der Waals surface area contributed by atoms with Crippen molar-refractivity contribution in [2.45, 2.75) is 51.4 Å². The first-order chi connectivity index (χ1) is 12.0. The maximum atomic E-state index is 11.9. The van der Waals surface area contributed by atoms with E-state index in [1.165, 1.54) is 6.07 Å². The maximum Gasteiger partial charge on any atom is 0.322 e. The summed E-state index contributed by atoms with van der Waals surface area (Å²) in [5, 5.41) is 42.9. The van der Waals surface area contributed by atoms with Gasteiger partial charge in [0, 0.05) is 17.0 Å². The van der Waals surface area contributed by atoms with E-state index in [1.54, 1.807) is 13.8 Å². The van der Waals surface area contributed by atoms with Gasteiger partial charge >= 0.3 is 17.3 Å². The summed E-state index contributed by atoms with van der Waals surface area (Å²) in [6, 6.07) is 1.20. The lowest BCUT2D eigenvalue weighted by Gasteiger charge is -2.53. The van der Waals surface area contributed by atoms with Crippen LogP contribution in [0.1, 0.15) is 50.7 Å². The van der Waals surface area contributed by atoms with Gasteiger partial charge in [-0.25, -0.2) is 0 Å². The number of carboxylic acids is 1. The molecule has 2 aliphatic rings. The highest BCUT2D eigenvalue weighted by molar-refractivity contribution is 5.76. The number of aromatic hydroxyl groups is 1. The van der Waals surface area contributed by atoms with E-state index in [0.29, 0.717) is 37.7 Å². The Morgan fingerprint density at radius 1 is 1.23 bits per heavy atom. The summed E-state index contributed by atoms with van der Waals surface area (Å²) in [6.45, 7) is 3.45. The summed E-state index contributed by atoms with van der Waals surface area (Å²) in [7, 11) is 0. The molecule has 140 valence electrons. The van der Waals surface area contributed by atoms with Crippen LogP contribution in [0.25, 0.3) is 0 Å². The van der Waals surface area contributed by atoms with Crippen molar-refractivity contribution in [1.29, 1.82) is 0 Å². The highest BCUT2D eigenvalue weighted by Gasteiger charge is 2.58. The van der Waals surface area contributed by atoms with Crippen LogP contribution in [0.3, 0.4) is 0 Å². The minimum Gasteiger partial charge on any atom is -0.497 e. The van der Waals surface area contributed by atoms with Gasteiger partial charge in [-0.05, 0) is 44.1 Å². The quantitative estimate of drug-likeness (QED) is 0.618. The van der Waals surface area contributed by atoms with Crippen LogP contribution in [-0.4, -0.2) is 26.0 Å². The van der Waals surface area contributed by atoms with Crippen molar-refractivity contribution in [3.63, 3.8) is 0 Å². The largest absolute Gasteiger partial charge is 0.497 e. The number of nitrogens with zero attached hydrogens (tertiary/aromatic N) is 2. The first kappa shape index (κ1) is 18.1. The molecule has 0 aliphatic heterocycles. The first-order valence-corrected chi connectivity index (χ1v) is 8.45. The van der Waals surface area contributed by atoms with E-state index in [4.69, 9.17) is 0 Å². The fraction of sp³-hybridized carbons (Fsp3) is 0.588. The standard InChI is InChI=1S/C17H20N2O7/c1-16-6-3-7-17(2,15(21)22)11(16)5-4-9-8-10(18(23)24)14(20)13(12(9)16)19(25)26/h8,11,20H,3-7H2,1-2H3,(H,21,22)/t11-,16+,17-/m0/s1. The second-order valence-corrected chi connectivity index (χ2v) is 7.73. The highest BCUT2D eigenvalue weighted by atomic mass is 16.6. The molecule has 1 aromatic carbocycles. The van der Waals surface area contributed by atoms with Gasteiger partial charge in [-0.3, -0.25) is 25.0 Å². The molecule has 9 nitrogen and oxygen atoms in total. The Bertz CT molecular complexity index is 837. The number of rotatable bonds is 3. The molecule has 1 saturated carbocycles. The third kappa shape index (κ3) is 2.26. The van der Waals surface area contributed by atoms with Gasteiger partial charge in [-0.1, -0.05) is 13.3 Å². The minimum atomic E-state index is -1.03. The summed E-state index contributed by atoms with van der Waals surface area (Å²) < 4.78 is 0. The number of hydrogen-bond donors (Lipinski definition) is 2. The lowest BCUT2D eigenvalue weighted by atomic mass is 9.49. The Kier molecular flexibility index (Phi) is 3.93. The molecule has 26 heavy (non-hydrogen) atoms. The summed E-state index contributed by atoms with van der Waals surface area (Å²) in [6.07, 6.45) is 2.37. The number of carbonyl (C=O) groups is 1. The lowest BCUT2D eigenvalue weighted by molar-refractivity contribution is -0.397. The fourth-order valence-corrected chi connectivity index (χ4v) is 5.22. The van der Waals surface area contributed by atoms with Gasteiger partial charge in [0.25, 0.3) is 5.75 Å². The van der Waals surface area contributed by atoms with E-state index in [2.05, 4.69) is 0 Å². The van der Waals surface area contributed by atoms with E-state index in [9.17, 15) is 35.2 Å². The molecule has 0 bridgehead atoms. The van der Waals surface area contributed by atoms with E-state index in [1.807, 2.05) is 0 Å². The molecule has 0 aromatic heterocycles. The smallest absolute Gasteiger partial charge is 0.322 e. The molecule has 0 spiro atoms. The minimum absolute atomic E-state index is 0.258. The summed E-state index contributed by atoms with van der Waals surface area (Å²) in [4.78, 5) is 33.2. The number of hydrogen-bond acceptors (Lipinski definition) is 6. The lowest BCUT2D eigenvalue weighted by Crippen LogP contribution is -2.52. The topological polar surface area (TPSA) is 144 Å². The first-order valence-electron chi connectivity index (χ1n) is 8.45. The maximum absolute atomic E-state index is 11.9. The van der Waals surface area contributed by atoms with Crippen LogP contribution in [0.4, 0.5) is 11.4 Å². The monoisotopic (exact) mass is 364 g/mol. The van der Waals surface area contributed by atoms with Gasteiger partial charge in [0.1, 0.15) is 0 Å². The number of nitro benzene ring substituents is 2. The van der Waals surface area contributed by atoms with E-state index in [0.717, 1.165) is 0 Å². The predicted molar refractivity (Wildman–Crippen MR) is 90.2 cm³/mol. The van der Waals surface area contributed by atoms with Crippen LogP contribution >= 0.6 is 0 Å². The number of phenols is 1. The zero-order valence-corrected chi connectivity index (χ0v) is 14.5. The molecular weight excluding hydrogens is 344 g/mol. The second kappa shape index (κ2) is 5.65. The van der Waals surface area contributed by atoms with Crippen molar-refractivity contribution in [3.05, 3.63) is 37.4 Å². The molecule has 2 aliphatic carbocycles. The van der Waals surface area contributed by atoms with Gasteiger partial charge in [-0.2, -0.15) is 0 Å². The normalized spacial score (nSPS) is 30.2. The van der Waals surface area contributed by atoms with Gasteiger partial charge in [0.2, 0.25) is 0 Å². The third-order valence-corrected chi connectivity index (χ3v) is 6.41. The Labute approximate surface area is 148 Å². The third-order valence-electron chi connectivity index (χ3n) is 6.41. The molecule has 1 aromatic rings.